The fourth-order valence-corrected chi connectivity index (χ4v) is 2.87. The lowest BCUT2D eigenvalue weighted by Crippen LogP contribution is -2.09. The first-order chi connectivity index (χ1) is 11.2. The molecule has 0 amide bonds. The molecule has 1 aromatic rings. The number of carbonyl (C=O) groups is 1. The normalized spacial score (nSPS) is 10.7. The topological polar surface area (TPSA) is 26.3 Å². The van der Waals surface area contributed by atoms with Crippen molar-refractivity contribution in [3.05, 3.63) is 29.3 Å². The minimum absolute atomic E-state index is 0.139. The molecule has 0 aromatic heterocycles. The smallest absolute Gasteiger partial charge is 0.310 e. The largest absolute Gasteiger partial charge is 0.426 e. The summed E-state index contributed by atoms with van der Waals surface area (Å²) in [4.78, 5) is 11.7. The quantitative estimate of drug-likeness (QED) is 0.259. The Morgan fingerprint density at radius 2 is 1.57 bits per heavy atom. The fourth-order valence-electron chi connectivity index (χ4n) is 2.87. The number of hydrogen-bond donors (Lipinski definition) is 0. The summed E-state index contributed by atoms with van der Waals surface area (Å²) in [6, 6.07) is 6.18. The number of aryl methyl sites for hydroxylation is 1. The van der Waals surface area contributed by atoms with Crippen molar-refractivity contribution in [2.24, 2.45) is 0 Å². The van der Waals surface area contributed by atoms with E-state index in [1.807, 2.05) is 19.1 Å². The number of rotatable bonds is 12. The third-order valence-corrected chi connectivity index (χ3v) is 4.32. The summed E-state index contributed by atoms with van der Waals surface area (Å²) in [5, 5.41) is 0. The molecular formula is C21H34O2. The van der Waals surface area contributed by atoms with E-state index < -0.39 is 0 Å². The van der Waals surface area contributed by atoms with Crippen molar-refractivity contribution in [2.75, 3.05) is 0 Å². The van der Waals surface area contributed by atoms with Gasteiger partial charge in [0.15, 0.2) is 0 Å². The van der Waals surface area contributed by atoms with Gasteiger partial charge in [0.1, 0.15) is 5.75 Å². The van der Waals surface area contributed by atoms with Gasteiger partial charge in [0.2, 0.25) is 0 Å². The molecule has 0 unspecified atom stereocenters. The van der Waals surface area contributed by atoms with Crippen LogP contribution < -0.4 is 4.74 Å². The van der Waals surface area contributed by atoms with Gasteiger partial charge in [-0.15, -0.1) is 0 Å². The van der Waals surface area contributed by atoms with Crippen molar-refractivity contribution in [3.63, 3.8) is 0 Å². The molecule has 0 heterocycles. The summed E-state index contributed by atoms with van der Waals surface area (Å²) in [7, 11) is 0. The van der Waals surface area contributed by atoms with Gasteiger partial charge in [0.25, 0.3) is 0 Å². The molecule has 0 aliphatic heterocycles. The molecule has 0 atom stereocenters. The number of carbonyl (C=O) groups excluding carboxylic acids is 1. The van der Waals surface area contributed by atoms with E-state index in [1.54, 1.807) is 0 Å². The Hall–Kier alpha value is -1.31. The number of hydrogen-bond acceptors (Lipinski definition) is 2. The minimum atomic E-state index is -0.139. The summed E-state index contributed by atoms with van der Waals surface area (Å²) in [5.74, 6) is 0.647. The minimum Gasteiger partial charge on any atom is -0.426 e. The molecule has 0 aliphatic rings. The second-order valence-electron chi connectivity index (χ2n) is 6.34. The zero-order valence-electron chi connectivity index (χ0n) is 15.3. The van der Waals surface area contributed by atoms with Crippen LogP contribution in [-0.2, 0) is 17.6 Å². The lowest BCUT2D eigenvalue weighted by atomic mass is 9.96. The van der Waals surface area contributed by atoms with Crippen LogP contribution in [0.25, 0.3) is 0 Å². The van der Waals surface area contributed by atoms with Gasteiger partial charge in [0, 0.05) is 6.42 Å². The maximum atomic E-state index is 11.7. The van der Waals surface area contributed by atoms with Gasteiger partial charge in [-0.1, -0.05) is 71.4 Å². The van der Waals surface area contributed by atoms with Crippen LogP contribution in [0.4, 0.5) is 0 Å². The maximum absolute atomic E-state index is 11.7. The van der Waals surface area contributed by atoms with E-state index in [0.717, 1.165) is 31.4 Å². The Kier molecular flexibility index (Phi) is 10.4. The molecule has 2 heteroatoms. The van der Waals surface area contributed by atoms with E-state index in [2.05, 4.69) is 19.9 Å². The van der Waals surface area contributed by atoms with Gasteiger partial charge in [-0.3, -0.25) is 4.79 Å². The SMILES string of the molecule is CCCCCCCCc1cccc(OC(=O)CC)c1CCCC. The summed E-state index contributed by atoms with van der Waals surface area (Å²) < 4.78 is 5.55. The predicted octanol–water partition coefficient (Wildman–Crippen LogP) is 6.25. The van der Waals surface area contributed by atoms with Gasteiger partial charge in [-0.05, 0) is 42.9 Å². The molecule has 2 nitrogen and oxygen atoms in total. The van der Waals surface area contributed by atoms with Gasteiger partial charge < -0.3 is 4.74 Å². The molecule has 0 aliphatic carbocycles. The molecule has 0 fully saturated rings. The molecule has 23 heavy (non-hydrogen) atoms. The lowest BCUT2D eigenvalue weighted by Gasteiger charge is -2.14. The molecule has 1 aromatic carbocycles. The monoisotopic (exact) mass is 318 g/mol. The summed E-state index contributed by atoms with van der Waals surface area (Å²) in [5.41, 5.74) is 2.63. The summed E-state index contributed by atoms with van der Waals surface area (Å²) in [6.45, 7) is 6.30. The van der Waals surface area contributed by atoms with Crippen molar-refractivity contribution < 1.29 is 9.53 Å². The average molecular weight is 319 g/mol. The molecule has 0 spiro atoms. The molecular weight excluding hydrogens is 284 g/mol. The molecule has 0 N–H and O–H groups in total. The van der Waals surface area contributed by atoms with E-state index in [1.165, 1.54) is 49.7 Å². The molecule has 0 radical (unpaired) electrons. The van der Waals surface area contributed by atoms with Gasteiger partial charge in [0.05, 0.1) is 0 Å². The Morgan fingerprint density at radius 1 is 0.870 bits per heavy atom. The fraction of sp³-hybridized carbons (Fsp3) is 0.667. The summed E-state index contributed by atoms with van der Waals surface area (Å²) >= 11 is 0. The highest BCUT2D eigenvalue weighted by Gasteiger charge is 2.12. The first kappa shape index (κ1) is 19.7. The third kappa shape index (κ3) is 7.67. The maximum Gasteiger partial charge on any atom is 0.310 e. The lowest BCUT2D eigenvalue weighted by molar-refractivity contribution is -0.134. The Bertz CT molecular complexity index is 451. The predicted molar refractivity (Wildman–Crippen MR) is 98.1 cm³/mol. The van der Waals surface area contributed by atoms with E-state index in [4.69, 9.17) is 4.74 Å². The van der Waals surface area contributed by atoms with E-state index in [0.29, 0.717) is 6.42 Å². The van der Waals surface area contributed by atoms with Crippen molar-refractivity contribution in [1.29, 1.82) is 0 Å². The zero-order chi connectivity index (χ0) is 16.9. The van der Waals surface area contributed by atoms with Crippen LogP contribution in [0.1, 0.15) is 89.7 Å². The van der Waals surface area contributed by atoms with Crippen molar-refractivity contribution >= 4 is 5.97 Å². The van der Waals surface area contributed by atoms with Crippen molar-refractivity contribution in [2.45, 2.75) is 91.4 Å². The molecule has 130 valence electrons. The first-order valence-electron chi connectivity index (χ1n) is 9.54. The standard InChI is InChI=1S/C21H34O2/c1-4-7-9-10-11-12-14-18-15-13-17-20(23-21(22)6-3)19(18)16-8-5-2/h13,15,17H,4-12,14,16H2,1-3H3. The van der Waals surface area contributed by atoms with Crippen LogP contribution in [-0.4, -0.2) is 5.97 Å². The highest BCUT2D eigenvalue weighted by molar-refractivity contribution is 5.72. The van der Waals surface area contributed by atoms with Gasteiger partial charge in [-0.25, -0.2) is 0 Å². The zero-order valence-corrected chi connectivity index (χ0v) is 15.3. The van der Waals surface area contributed by atoms with Crippen molar-refractivity contribution in [1.82, 2.24) is 0 Å². The van der Waals surface area contributed by atoms with Gasteiger partial charge >= 0.3 is 5.97 Å². The van der Waals surface area contributed by atoms with Crippen LogP contribution in [0.5, 0.6) is 5.75 Å². The van der Waals surface area contributed by atoms with Crippen LogP contribution in [0, 0.1) is 0 Å². The first-order valence-corrected chi connectivity index (χ1v) is 9.54. The second kappa shape index (κ2) is 12.2. The van der Waals surface area contributed by atoms with Crippen molar-refractivity contribution in [3.8, 4) is 5.75 Å². The van der Waals surface area contributed by atoms with Crippen LogP contribution in [0.3, 0.4) is 0 Å². The second-order valence-corrected chi connectivity index (χ2v) is 6.34. The van der Waals surface area contributed by atoms with Crippen LogP contribution >= 0.6 is 0 Å². The Balaban J connectivity index is 2.67. The molecule has 0 saturated heterocycles. The molecule has 0 bridgehead atoms. The number of ether oxygens (including phenoxy) is 1. The number of benzene rings is 1. The number of unbranched alkanes of at least 4 members (excludes halogenated alkanes) is 6. The Labute approximate surface area is 142 Å². The highest BCUT2D eigenvalue weighted by atomic mass is 16.5. The van der Waals surface area contributed by atoms with E-state index in [-0.39, 0.29) is 5.97 Å². The van der Waals surface area contributed by atoms with E-state index >= 15 is 0 Å². The molecule has 0 saturated carbocycles. The number of esters is 1. The average Bonchev–Trinajstić information content (AvgIpc) is 2.57. The van der Waals surface area contributed by atoms with Crippen LogP contribution in [0.2, 0.25) is 0 Å². The van der Waals surface area contributed by atoms with E-state index in [9.17, 15) is 4.79 Å². The van der Waals surface area contributed by atoms with Gasteiger partial charge in [-0.2, -0.15) is 0 Å². The third-order valence-electron chi connectivity index (χ3n) is 4.32. The Morgan fingerprint density at radius 3 is 2.26 bits per heavy atom. The summed E-state index contributed by atoms with van der Waals surface area (Å²) in [6.07, 6.45) is 12.7. The molecule has 1 rings (SSSR count). The highest BCUT2D eigenvalue weighted by Crippen LogP contribution is 2.26. The van der Waals surface area contributed by atoms with Crippen LogP contribution in [0.15, 0.2) is 18.2 Å².